The van der Waals surface area contributed by atoms with Crippen molar-refractivity contribution in [1.82, 2.24) is 14.3 Å². The molecule has 0 aliphatic carbocycles. The number of fused-ring (bicyclic) bond motifs is 1. The predicted molar refractivity (Wildman–Crippen MR) is 69.7 cm³/mol. The van der Waals surface area contributed by atoms with Crippen molar-refractivity contribution < 1.29 is 4.79 Å². The van der Waals surface area contributed by atoms with E-state index >= 15 is 0 Å². The van der Waals surface area contributed by atoms with Crippen molar-refractivity contribution in [2.24, 2.45) is 0 Å². The molecule has 0 atom stereocenters. The second-order valence-corrected chi connectivity index (χ2v) is 4.83. The fourth-order valence-electron chi connectivity index (χ4n) is 2.62. The summed E-state index contributed by atoms with van der Waals surface area (Å²) in [6, 6.07) is 5.80. The highest BCUT2D eigenvalue weighted by Crippen LogP contribution is 2.17. The number of carbonyl (C=O) groups is 1. The van der Waals surface area contributed by atoms with Crippen molar-refractivity contribution in [3.8, 4) is 0 Å². The smallest absolute Gasteiger partial charge is 0.272 e. The monoisotopic (exact) mass is 243 g/mol. The topological polar surface area (TPSA) is 37.6 Å². The Bertz CT molecular complexity index is 582. The lowest BCUT2D eigenvalue weighted by Crippen LogP contribution is -2.36. The summed E-state index contributed by atoms with van der Waals surface area (Å²) in [5.41, 5.74) is 2.37. The molecule has 0 saturated carbocycles. The third-order valence-corrected chi connectivity index (χ3v) is 3.55. The second-order valence-electron chi connectivity index (χ2n) is 4.83. The van der Waals surface area contributed by atoms with Crippen molar-refractivity contribution in [3.05, 3.63) is 35.8 Å². The van der Waals surface area contributed by atoms with Crippen molar-refractivity contribution in [2.75, 3.05) is 13.1 Å². The van der Waals surface area contributed by atoms with Crippen LogP contribution in [-0.2, 0) is 0 Å². The number of aromatic nitrogens is 2. The number of amides is 1. The number of likely N-dealkylation sites (tertiary alicyclic amines) is 1. The number of carbonyl (C=O) groups excluding carboxylic acids is 1. The largest absolute Gasteiger partial charge is 0.337 e. The maximum atomic E-state index is 12.6. The molecule has 1 aliphatic heterocycles. The normalized spacial score (nSPS) is 16.2. The molecule has 0 unspecified atom stereocenters. The van der Waals surface area contributed by atoms with Crippen molar-refractivity contribution in [3.63, 3.8) is 0 Å². The molecular weight excluding hydrogens is 226 g/mol. The standard InChI is InChI=1S/C14H17N3O/c1-11-13(14(18)16-8-4-2-5-9-16)17-10-6-3-7-12(17)15-11/h3,6-7,10H,2,4-5,8-9H2,1H3. The summed E-state index contributed by atoms with van der Waals surface area (Å²) >= 11 is 0. The molecule has 0 aromatic carbocycles. The molecule has 0 spiro atoms. The molecule has 1 fully saturated rings. The van der Waals surface area contributed by atoms with E-state index in [-0.39, 0.29) is 5.91 Å². The van der Waals surface area contributed by atoms with E-state index < -0.39 is 0 Å². The Morgan fingerprint density at radius 2 is 2.00 bits per heavy atom. The fraction of sp³-hybridized carbons (Fsp3) is 0.429. The van der Waals surface area contributed by atoms with E-state index in [0.29, 0.717) is 5.69 Å². The summed E-state index contributed by atoms with van der Waals surface area (Å²) in [4.78, 5) is 19.0. The zero-order valence-electron chi connectivity index (χ0n) is 10.6. The molecule has 1 saturated heterocycles. The summed E-state index contributed by atoms with van der Waals surface area (Å²) in [6.07, 6.45) is 5.37. The highest BCUT2D eigenvalue weighted by Gasteiger charge is 2.23. The Kier molecular flexibility index (Phi) is 2.78. The summed E-state index contributed by atoms with van der Waals surface area (Å²) in [5, 5.41) is 0. The summed E-state index contributed by atoms with van der Waals surface area (Å²) < 4.78 is 1.90. The lowest BCUT2D eigenvalue weighted by atomic mass is 10.1. The molecule has 3 rings (SSSR count). The first-order chi connectivity index (χ1) is 8.77. The number of rotatable bonds is 1. The van der Waals surface area contributed by atoms with E-state index in [0.717, 1.165) is 37.3 Å². The number of hydrogen-bond acceptors (Lipinski definition) is 2. The minimum atomic E-state index is 0.117. The van der Waals surface area contributed by atoms with Crippen molar-refractivity contribution in [1.29, 1.82) is 0 Å². The lowest BCUT2D eigenvalue weighted by molar-refractivity contribution is 0.0716. The quantitative estimate of drug-likeness (QED) is 0.770. The molecule has 1 aliphatic rings. The Hall–Kier alpha value is -1.84. The van der Waals surface area contributed by atoms with Gasteiger partial charge < -0.3 is 4.90 Å². The number of aryl methyl sites for hydroxylation is 1. The number of pyridine rings is 1. The average molecular weight is 243 g/mol. The molecule has 3 heterocycles. The van der Waals surface area contributed by atoms with E-state index in [1.54, 1.807) is 0 Å². The predicted octanol–water partition coefficient (Wildman–Crippen LogP) is 2.27. The van der Waals surface area contributed by atoms with Crippen LogP contribution in [0, 0.1) is 6.92 Å². The third kappa shape index (κ3) is 1.78. The second kappa shape index (κ2) is 4.44. The first-order valence-electron chi connectivity index (χ1n) is 6.50. The van der Waals surface area contributed by atoms with Gasteiger partial charge in [-0.25, -0.2) is 4.98 Å². The third-order valence-electron chi connectivity index (χ3n) is 3.55. The summed E-state index contributed by atoms with van der Waals surface area (Å²) in [6.45, 7) is 3.65. The van der Waals surface area contributed by atoms with Gasteiger partial charge in [-0.05, 0) is 38.3 Å². The molecule has 2 aromatic rings. The molecule has 0 bridgehead atoms. The molecule has 4 nitrogen and oxygen atoms in total. The van der Waals surface area contributed by atoms with Gasteiger partial charge >= 0.3 is 0 Å². The van der Waals surface area contributed by atoms with E-state index in [9.17, 15) is 4.79 Å². The van der Waals surface area contributed by atoms with Crippen LogP contribution in [0.2, 0.25) is 0 Å². The van der Waals surface area contributed by atoms with Gasteiger partial charge in [0.1, 0.15) is 11.3 Å². The van der Waals surface area contributed by atoms with E-state index in [1.165, 1.54) is 6.42 Å². The van der Waals surface area contributed by atoms with Crippen LogP contribution in [0.3, 0.4) is 0 Å². The molecule has 2 aromatic heterocycles. The molecule has 1 amide bonds. The van der Waals surface area contributed by atoms with Gasteiger partial charge in [-0.15, -0.1) is 0 Å². The highest BCUT2D eigenvalue weighted by atomic mass is 16.2. The van der Waals surface area contributed by atoms with Gasteiger partial charge in [0.2, 0.25) is 0 Å². The zero-order valence-corrected chi connectivity index (χ0v) is 10.6. The molecular formula is C14H17N3O. The van der Waals surface area contributed by atoms with E-state index in [1.807, 2.05) is 40.6 Å². The van der Waals surface area contributed by atoms with Gasteiger partial charge in [-0.2, -0.15) is 0 Å². The van der Waals surface area contributed by atoms with Crippen LogP contribution in [0.4, 0.5) is 0 Å². The van der Waals surface area contributed by atoms with Gasteiger partial charge in [0.25, 0.3) is 5.91 Å². The Balaban J connectivity index is 2.02. The minimum absolute atomic E-state index is 0.117. The van der Waals surface area contributed by atoms with Gasteiger partial charge in [0.05, 0.1) is 5.69 Å². The molecule has 94 valence electrons. The van der Waals surface area contributed by atoms with Gasteiger partial charge in [0.15, 0.2) is 0 Å². The van der Waals surface area contributed by atoms with Crippen molar-refractivity contribution in [2.45, 2.75) is 26.2 Å². The Labute approximate surface area is 106 Å². The highest BCUT2D eigenvalue weighted by molar-refractivity contribution is 5.94. The van der Waals surface area contributed by atoms with Crippen LogP contribution in [0.1, 0.15) is 35.4 Å². The molecule has 0 N–H and O–H groups in total. The van der Waals surface area contributed by atoms with Crippen molar-refractivity contribution >= 4 is 11.6 Å². The van der Waals surface area contributed by atoms with Crippen LogP contribution >= 0.6 is 0 Å². The number of imidazole rings is 1. The zero-order chi connectivity index (χ0) is 12.5. The van der Waals surface area contributed by atoms with Crippen LogP contribution in [0.15, 0.2) is 24.4 Å². The Morgan fingerprint density at radius 3 is 2.78 bits per heavy atom. The summed E-state index contributed by atoms with van der Waals surface area (Å²) in [7, 11) is 0. The van der Waals surface area contributed by atoms with Crippen LogP contribution in [0.25, 0.3) is 5.65 Å². The number of nitrogens with zero attached hydrogens (tertiary/aromatic N) is 3. The van der Waals surface area contributed by atoms with Crippen LogP contribution < -0.4 is 0 Å². The van der Waals surface area contributed by atoms with Gasteiger partial charge in [-0.3, -0.25) is 9.20 Å². The SMILES string of the molecule is Cc1nc2ccccn2c1C(=O)N1CCCCC1. The first-order valence-corrected chi connectivity index (χ1v) is 6.50. The minimum Gasteiger partial charge on any atom is -0.337 e. The molecule has 0 radical (unpaired) electrons. The maximum absolute atomic E-state index is 12.6. The number of piperidine rings is 1. The average Bonchev–Trinajstić information content (AvgIpc) is 2.75. The molecule has 18 heavy (non-hydrogen) atoms. The summed E-state index contributed by atoms with van der Waals surface area (Å²) in [5.74, 6) is 0.117. The van der Waals surface area contributed by atoms with E-state index in [2.05, 4.69) is 4.98 Å². The fourth-order valence-corrected chi connectivity index (χ4v) is 2.62. The van der Waals surface area contributed by atoms with Gasteiger partial charge in [-0.1, -0.05) is 6.07 Å². The molecule has 4 heteroatoms. The first kappa shape index (κ1) is 11.3. The van der Waals surface area contributed by atoms with Crippen LogP contribution in [0.5, 0.6) is 0 Å². The maximum Gasteiger partial charge on any atom is 0.272 e. The van der Waals surface area contributed by atoms with E-state index in [4.69, 9.17) is 0 Å². The van der Waals surface area contributed by atoms with Crippen LogP contribution in [-0.4, -0.2) is 33.3 Å². The van der Waals surface area contributed by atoms with Gasteiger partial charge in [0, 0.05) is 19.3 Å². The lowest BCUT2D eigenvalue weighted by Gasteiger charge is -2.26. The number of hydrogen-bond donors (Lipinski definition) is 0. The Morgan fingerprint density at radius 1 is 1.22 bits per heavy atom.